The van der Waals surface area contributed by atoms with E-state index in [1.54, 1.807) is 6.07 Å². The summed E-state index contributed by atoms with van der Waals surface area (Å²) < 4.78 is 5.63. The molecule has 124 valence electrons. The van der Waals surface area contributed by atoms with Crippen LogP contribution >= 0.6 is 11.6 Å². The zero-order chi connectivity index (χ0) is 17.0. The average Bonchev–Trinajstić information content (AvgIpc) is 2.84. The molecule has 0 aliphatic heterocycles. The van der Waals surface area contributed by atoms with Crippen LogP contribution in [0.2, 0.25) is 5.02 Å². The number of aromatic amines is 1. The van der Waals surface area contributed by atoms with E-state index in [2.05, 4.69) is 15.5 Å². The third-order valence-electron chi connectivity index (χ3n) is 3.59. The molecule has 0 saturated heterocycles. The number of amides is 1. The van der Waals surface area contributed by atoms with Crippen molar-refractivity contribution in [1.82, 2.24) is 15.5 Å². The standard InChI is InChI=1S/C16H21ClN4O2/c1-9-5-4-6-12(17)15(9)23-8-7-19-16(22)14(18)13-10(2)20-21-11(13)3/h4-6,14H,7-8,18H2,1-3H3,(H,19,22)(H,20,21)/t14-/m0/s1. The van der Waals surface area contributed by atoms with Gasteiger partial charge in [0.2, 0.25) is 5.91 Å². The molecule has 1 aromatic carbocycles. The molecule has 1 atom stereocenters. The minimum absolute atomic E-state index is 0.267. The number of ether oxygens (including phenoxy) is 1. The lowest BCUT2D eigenvalue weighted by Crippen LogP contribution is -2.36. The van der Waals surface area contributed by atoms with Crippen molar-refractivity contribution in [3.63, 3.8) is 0 Å². The molecule has 0 unspecified atom stereocenters. The fourth-order valence-corrected chi connectivity index (χ4v) is 2.66. The van der Waals surface area contributed by atoms with Gasteiger partial charge in [-0.05, 0) is 32.4 Å². The molecule has 0 aliphatic rings. The van der Waals surface area contributed by atoms with E-state index in [0.717, 1.165) is 22.5 Å². The van der Waals surface area contributed by atoms with Crippen molar-refractivity contribution >= 4 is 17.5 Å². The van der Waals surface area contributed by atoms with Gasteiger partial charge in [0, 0.05) is 11.3 Å². The van der Waals surface area contributed by atoms with Gasteiger partial charge in [-0.15, -0.1) is 0 Å². The minimum Gasteiger partial charge on any atom is -0.490 e. The molecule has 23 heavy (non-hydrogen) atoms. The Hall–Kier alpha value is -2.05. The van der Waals surface area contributed by atoms with Gasteiger partial charge in [-0.2, -0.15) is 5.10 Å². The van der Waals surface area contributed by atoms with E-state index in [0.29, 0.717) is 23.9 Å². The van der Waals surface area contributed by atoms with Crippen LogP contribution in [-0.4, -0.2) is 29.3 Å². The fraction of sp³-hybridized carbons (Fsp3) is 0.375. The first-order chi connectivity index (χ1) is 10.9. The van der Waals surface area contributed by atoms with Crippen molar-refractivity contribution in [2.24, 2.45) is 5.73 Å². The van der Waals surface area contributed by atoms with Crippen molar-refractivity contribution in [3.05, 3.63) is 45.7 Å². The Bertz CT molecular complexity index is 660. The second-order valence-corrected chi connectivity index (χ2v) is 5.76. The Morgan fingerprint density at radius 2 is 2.17 bits per heavy atom. The highest BCUT2D eigenvalue weighted by Gasteiger charge is 2.21. The number of benzene rings is 1. The fourth-order valence-electron chi connectivity index (χ4n) is 2.39. The molecule has 2 rings (SSSR count). The minimum atomic E-state index is -0.754. The highest BCUT2D eigenvalue weighted by molar-refractivity contribution is 6.32. The number of aromatic nitrogens is 2. The maximum Gasteiger partial charge on any atom is 0.241 e. The van der Waals surface area contributed by atoms with Gasteiger partial charge in [0.05, 0.1) is 17.3 Å². The van der Waals surface area contributed by atoms with Gasteiger partial charge in [-0.1, -0.05) is 23.7 Å². The highest BCUT2D eigenvalue weighted by atomic mass is 35.5. The number of hydrogen-bond donors (Lipinski definition) is 3. The number of nitrogens with two attached hydrogens (primary N) is 1. The van der Waals surface area contributed by atoms with Crippen LogP contribution in [0.5, 0.6) is 5.75 Å². The number of rotatable bonds is 6. The molecule has 7 heteroatoms. The molecule has 0 aliphatic carbocycles. The first-order valence-corrected chi connectivity index (χ1v) is 7.72. The van der Waals surface area contributed by atoms with Crippen molar-refractivity contribution in [3.8, 4) is 5.75 Å². The van der Waals surface area contributed by atoms with Crippen molar-refractivity contribution in [1.29, 1.82) is 0 Å². The summed E-state index contributed by atoms with van der Waals surface area (Å²) in [6.07, 6.45) is 0. The predicted octanol–water partition coefficient (Wildman–Crippen LogP) is 2.18. The molecule has 1 aromatic heterocycles. The SMILES string of the molecule is Cc1cccc(Cl)c1OCCNC(=O)[C@@H](N)c1c(C)n[nH]c1C. The van der Waals surface area contributed by atoms with Crippen LogP contribution < -0.4 is 15.8 Å². The molecule has 0 spiro atoms. The zero-order valence-electron chi connectivity index (χ0n) is 13.4. The zero-order valence-corrected chi connectivity index (χ0v) is 14.2. The summed E-state index contributed by atoms with van der Waals surface area (Å²) in [7, 11) is 0. The Morgan fingerprint density at radius 3 is 2.78 bits per heavy atom. The normalized spacial score (nSPS) is 12.0. The van der Waals surface area contributed by atoms with E-state index in [1.165, 1.54) is 0 Å². The summed E-state index contributed by atoms with van der Waals surface area (Å²) in [5.74, 6) is 0.367. The largest absolute Gasteiger partial charge is 0.490 e. The number of H-pyrrole nitrogens is 1. The summed E-state index contributed by atoms with van der Waals surface area (Å²) in [4.78, 5) is 12.1. The van der Waals surface area contributed by atoms with Crippen molar-refractivity contribution in [2.75, 3.05) is 13.2 Å². The molecule has 0 bridgehead atoms. The smallest absolute Gasteiger partial charge is 0.241 e. The third-order valence-corrected chi connectivity index (χ3v) is 3.89. The first kappa shape index (κ1) is 17.3. The summed E-state index contributed by atoms with van der Waals surface area (Å²) >= 11 is 6.08. The lowest BCUT2D eigenvalue weighted by atomic mass is 10.1. The molecular formula is C16H21ClN4O2. The van der Waals surface area contributed by atoms with Crippen LogP contribution in [0, 0.1) is 20.8 Å². The molecule has 0 fully saturated rings. The summed E-state index contributed by atoms with van der Waals surface area (Å²) in [5, 5.41) is 10.2. The summed E-state index contributed by atoms with van der Waals surface area (Å²) in [5.41, 5.74) is 9.20. The number of nitrogens with zero attached hydrogens (tertiary/aromatic N) is 1. The number of halogens is 1. The van der Waals surface area contributed by atoms with E-state index < -0.39 is 6.04 Å². The molecule has 0 saturated carbocycles. The number of carbonyl (C=O) groups is 1. The molecule has 4 N–H and O–H groups in total. The summed E-state index contributed by atoms with van der Waals surface area (Å²) in [6.45, 7) is 6.22. The van der Waals surface area contributed by atoms with Crippen LogP contribution in [-0.2, 0) is 4.79 Å². The molecule has 1 heterocycles. The molecule has 2 aromatic rings. The van der Waals surface area contributed by atoms with Gasteiger partial charge < -0.3 is 15.8 Å². The van der Waals surface area contributed by atoms with Crippen LogP contribution in [0.15, 0.2) is 18.2 Å². The number of nitrogens with one attached hydrogen (secondary N) is 2. The van der Waals surface area contributed by atoms with Gasteiger partial charge in [0.25, 0.3) is 0 Å². The highest BCUT2D eigenvalue weighted by Crippen LogP contribution is 2.27. The Balaban J connectivity index is 1.86. The van der Waals surface area contributed by atoms with Gasteiger partial charge in [-0.25, -0.2) is 0 Å². The summed E-state index contributed by atoms with van der Waals surface area (Å²) in [6, 6.07) is 4.79. The van der Waals surface area contributed by atoms with Crippen LogP contribution in [0.4, 0.5) is 0 Å². The van der Waals surface area contributed by atoms with E-state index >= 15 is 0 Å². The molecular weight excluding hydrogens is 316 g/mol. The quantitative estimate of drug-likeness (QED) is 0.705. The van der Waals surface area contributed by atoms with E-state index in [4.69, 9.17) is 22.1 Å². The Labute approximate surface area is 140 Å². The Morgan fingerprint density at radius 1 is 1.43 bits per heavy atom. The third kappa shape index (κ3) is 4.03. The maximum absolute atomic E-state index is 12.1. The second kappa shape index (κ2) is 7.48. The van der Waals surface area contributed by atoms with E-state index in [1.807, 2.05) is 32.9 Å². The lowest BCUT2D eigenvalue weighted by molar-refractivity contribution is -0.122. The monoisotopic (exact) mass is 336 g/mol. The number of carbonyl (C=O) groups excluding carboxylic acids is 1. The number of hydrogen-bond acceptors (Lipinski definition) is 4. The predicted molar refractivity (Wildman–Crippen MR) is 89.7 cm³/mol. The van der Waals surface area contributed by atoms with E-state index in [-0.39, 0.29) is 5.91 Å². The molecule has 6 nitrogen and oxygen atoms in total. The molecule has 1 amide bonds. The Kier molecular flexibility index (Phi) is 5.63. The van der Waals surface area contributed by atoms with Gasteiger partial charge >= 0.3 is 0 Å². The van der Waals surface area contributed by atoms with Gasteiger partial charge in [0.1, 0.15) is 18.4 Å². The average molecular weight is 337 g/mol. The van der Waals surface area contributed by atoms with Crippen molar-refractivity contribution < 1.29 is 9.53 Å². The van der Waals surface area contributed by atoms with Crippen molar-refractivity contribution in [2.45, 2.75) is 26.8 Å². The first-order valence-electron chi connectivity index (χ1n) is 7.34. The van der Waals surface area contributed by atoms with Crippen LogP contribution in [0.1, 0.15) is 28.6 Å². The molecule has 0 radical (unpaired) electrons. The van der Waals surface area contributed by atoms with Gasteiger partial charge in [0.15, 0.2) is 0 Å². The second-order valence-electron chi connectivity index (χ2n) is 5.35. The van der Waals surface area contributed by atoms with Gasteiger partial charge in [-0.3, -0.25) is 9.89 Å². The van der Waals surface area contributed by atoms with E-state index in [9.17, 15) is 4.79 Å². The number of aryl methyl sites for hydroxylation is 3. The van der Waals surface area contributed by atoms with Crippen LogP contribution in [0.3, 0.4) is 0 Å². The van der Waals surface area contributed by atoms with Crippen LogP contribution in [0.25, 0.3) is 0 Å². The topological polar surface area (TPSA) is 93.0 Å². The maximum atomic E-state index is 12.1. The number of para-hydroxylation sites is 1. The lowest BCUT2D eigenvalue weighted by Gasteiger charge is -2.14.